The van der Waals surface area contributed by atoms with Crippen molar-refractivity contribution in [1.82, 2.24) is 0 Å². The molecule has 0 spiro atoms. The number of hydrogen-bond acceptors (Lipinski definition) is 3. The van der Waals surface area contributed by atoms with Gasteiger partial charge in [0.2, 0.25) is 0 Å². The zero-order chi connectivity index (χ0) is 7.11. The molecular weight excluding hydrogens is 120 g/mol. The van der Waals surface area contributed by atoms with Gasteiger partial charge in [0.15, 0.2) is 0 Å². The second-order valence-electron chi connectivity index (χ2n) is 1.26. The molecule has 0 heterocycles. The van der Waals surface area contributed by atoms with E-state index in [2.05, 4.69) is 16.8 Å². The van der Waals surface area contributed by atoms with Gasteiger partial charge in [-0.3, -0.25) is 0 Å². The van der Waals surface area contributed by atoms with Gasteiger partial charge in [0.25, 0.3) is 0 Å². The largest absolute Gasteiger partial charge is 0.385 e. The first kappa shape index (κ1) is 7.99. The minimum Gasteiger partial charge on any atom is -0.385 e. The van der Waals surface area contributed by atoms with E-state index < -0.39 is 12.6 Å². The van der Waals surface area contributed by atoms with Gasteiger partial charge in [-0.05, 0) is 0 Å². The standard InChI is InChI=1S/C6H8O3/c1-2-3-4-9-6(8)5-7/h7H,2,5H2,1H3. The fraction of sp³-hybridized carbons (Fsp3) is 0.500. The van der Waals surface area contributed by atoms with E-state index in [1.807, 2.05) is 6.92 Å². The van der Waals surface area contributed by atoms with Gasteiger partial charge in [-0.25, -0.2) is 4.79 Å². The van der Waals surface area contributed by atoms with Crippen LogP contribution in [0.25, 0.3) is 0 Å². The maximum Gasteiger partial charge on any atom is 0.345 e. The molecule has 0 aromatic heterocycles. The molecule has 0 atom stereocenters. The number of hydrogen-bond donors (Lipinski definition) is 1. The molecule has 0 saturated heterocycles. The van der Waals surface area contributed by atoms with Crippen molar-refractivity contribution in [3.8, 4) is 12.0 Å². The highest BCUT2D eigenvalue weighted by Gasteiger charge is 1.93. The van der Waals surface area contributed by atoms with Gasteiger partial charge in [0.05, 0.1) is 0 Å². The molecular formula is C6H8O3. The lowest BCUT2D eigenvalue weighted by molar-refractivity contribution is -0.139. The van der Waals surface area contributed by atoms with E-state index in [9.17, 15) is 4.79 Å². The Kier molecular flexibility index (Phi) is 4.56. The highest BCUT2D eigenvalue weighted by Crippen LogP contribution is 1.73. The zero-order valence-electron chi connectivity index (χ0n) is 5.18. The van der Waals surface area contributed by atoms with Crippen molar-refractivity contribution in [3.63, 3.8) is 0 Å². The number of esters is 1. The molecule has 0 amide bonds. The van der Waals surface area contributed by atoms with E-state index in [1.165, 1.54) is 0 Å². The van der Waals surface area contributed by atoms with Crippen LogP contribution >= 0.6 is 0 Å². The number of aliphatic hydroxyl groups is 1. The summed E-state index contributed by atoms with van der Waals surface area (Å²) in [5.41, 5.74) is 0. The Bertz CT molecular complexity index is 140. The summed E-state index contributed by atoms with van der Waals surface area (Å²) in [7, 11) is 0. The molecule has 3 nitrogen and oxygen atoms in total. The van der Waals surface area contributed by atoms with Crippen LogP contribution in [0.5, 0.6) is 0 Å². The number of carbonyl (C=O) groups is 1. The van der Waals surface area contributed by atoms with Crippen LogP contribution in [-0.2, 0) is 9.53 Å². The van der Waals surface area contributed by atoms with Gasteiger partial charge >= 0.3 is 5.97 Å². The number of carbonyl (C=O) groups excluding carboxylic acids is 1. The molecule has 1 N–H and O–H groups in total. The van der Waals surface area contributed by atoms with Crippen LogP contribution < -0.4 is 0 Å². The normalized spacial score (nSPS) is 7.33. The monoisotopic (exact) mass is 128 g/mol. The first-order valence-electron chi connectivity index (χ1n) is 2.59. The van der Waals surface area contributed by atoms with E-state index in [0.29, 0.717) is 6.42 Å². The predicted octanol–water partition coefficient (Wildman–Crippen LogP) is -0.107. The molecule has 9 heavy (non-hydrogen) atoms. The van der Waals surface area contributed by atoms with Crippen LogP contribution in [0, 0.1) is 12.0 Å². The van der Waals surface area contributed by atoms with Crippen LogP contribution in [0.3, 0.4) is 0 Å². The van der Waals surface area contributed by atoms with Crippen molar-refractivity contribution in [1.29, 1.82) is 0 Å². The predicted molar refractivity (Wildman–Crippen MR) is 31.2 cm³/mol. The van der Waals surface area contributed by atoms with Crippen molar-refractivity contribution in [3.05, 3.63) is 0 Å². The fourth-order valence-corrected chi connectivity index (χ4v) is 0.197. The van der Waals surface area contributed by atoms with Crippen molar-refractivity contribution in [2.75, 3.05) is 6.61 Å². The molecule has 3 heteroatoms. The average molecular weight is 128 g/mol. The highest BCUT2D eigenvalue weighted by molar-refractivity contribution is 5.71. The molecule has 0 bridgehead atoms. The Morgan fingerprint density at radius 2 is 2.44 bits per heavy atom. The van der Waals surface area contributed by atoms with Crippen LogP contribution in [0.15, 0.2) is 0 Å². The first-order valence-corrected chi connectivity index (χ1v) is 2.59. The van der Waals surface area contributed by atoms with E-state index in [4.69, 9.17) is 5.11 Å². The van der Waals surface area contributed by atoms with Gasteiger partial charge in [-0.2, -0.15) is 0 Å². The Hall–Kier alpha value is -1.01. The molecule has 0 fully saturated rings. The van der Waals surface area contributed by atoms with Crippen molar-refractivity contribution in [2.24, 2.45) is 0 Å². The second kappa shape index (κ2) is 5.13. The summed E-state index contributed by atoms with van der Waals surface area (Å²) in [6.45, 7) is 1.22. The molecule has 0 aliphatic heterocycles. The molecule has 0 aliphatic carbocycles. The lowest BCUT2D eigenvalue weighted by Gasteiger charge is -1.86. The summed E-state index contributed by atoms with van der Waals surface area (Å²) in [5, 5.41) is 8.09. The topological polar surface area (TPSA) is 46.5 Å². The number of aliphatic hydroxyl groups excluding tert-OH is 1. The molecule has 0 radical (unpaired) electrons. The third kappa shape index (κ3) is 4.85. The van der Waals surface area contributed by atoms with Gasteiger partial charge in [-0.1, -0.05) is 12.8 Å². The molecule has 0 rings (SSSR count). The van der Waals surface area contributed by atoms with Crippen LogP contribution in [-0.4, -0.2) is 17.7 Å². The van der Waals surface area contributed by atoms with E-state index in [0.717, 1.165) is 0 Å². The quantitative estimate of drug-likeness (QED) is 0.396. The Morgan fingerprint density at radius 3 is 2.89 bits per heavy atom. The summed E-state index contributed by atoms with van der Waals surface area (Å²) in [4.78, 5) is 10.1. The van der Waals surface area contributed by atoms with Gasteiger partial charge in [0.1, 0.15) is 12.7 Å². The summed E-state index contributed by atoms with van der Waals surface area (Å²) < 4.78 is 4.18. The van der Waals surface area contributed by atoms with Crippen LogP contribution in [0.4, 0.5) is 0 Å². The van der Waals surface area contributed by atoms with Gasteiger partial charge in [-0.15, -0.1) is 0 Å². The van der Waals surface area contributed by atoms with Crippen LogP contribution in [0.1, 0.15) is 13.3 Å². The van der Waals surface area contributed by atoms with Crippen molar-refractivity contribution >= 4 is 5.97 Å². The molecule has 50 valence electrons. The van der Waals surface area contributed by atoms with E-state index in [1.54, 1.807) is 0 Å². The van der Waals surface area contributed by atoms with Crippen molar-refractivity contribution < 1.29 is 14.6 Å². The smallest absolute Gasteiger partial charge is 0.345 e. The lowest BCUT2D eigenvalue weighted by Crippen LogP contribution is -2.04. The Morgan fingerprint density at radius 1 is 1.78 bits per heavy atom. The molecule has 0 aliphatic rings. The molecule has 0 unspecified atom stereocenters. The third-order valence-corrected chi connectivity index (χ3v) is 0.543. The highest BCUT2D eigenvalue weighted by atomic mass is 16.5. The van der Waals surface area contributed by atoms with Gasteiger partial charge in [0, 0.05) is 6.42 Å². The van der Waals surface area contributed by atoms with Crippen molar-refractivity contribution in [2.45, 2.75) is 13.3 Å². The Labute approximate surface area is 53.6 Å². The summed E-state index contributed by atoms with van der Waals surface area (Å²) >= 11 is 0. The first-order chi connectivity index (χ1) is 4.31. The molecule has 0 aromatic carbocycles. The molecule has 0 saturated carbocycles. The zero-order valence-corrected chi connectivity index (χ0v) is 5.18. The number of ether oxygens (including phenoxy) is 1. The lowest BCUT2D eigenvalue weighted by atomic mass is 10.5. The van der Waals surface area contributed by atoms with Gasteiger partial charge < -0.3 is 9.84 Å². The molecule has 0 aromatic rings. The second-order valence-corrected chi connectivity index (χ2v) is 1.26. The summed E-state index contributed by atoms with van der Waals surface area (Å²) in [6, 6.07) is 0. The van der Waals surface area contributed by atoms with E-state index >= 15 is 0 Å². The minimum absolute atomic E-state index is 0.613. The third-order valence-electron chi connectivity index (χ3n) is 0.543. The minimum atomic E-state index is -0.712. The SMILES string of the molecule is CCC#COC(=O)CO. The Balaban J connectivity index is 3.37. The number of rotatable bonds is 1. The summed E-state index contributed by atoms with van der Waals surface area (Å²) in [5.74, 6) is 1.80. The fourth-order valence-electron chi connectivity index (χ4n) is 0.197. The van der Waals surface area contributed by atoms with Crippen LogP contribution in [0.2, 0.25) is 0 Å². The maximum absolute atomic E-state index is 10.1. The summed E-state index contributed by atoms with van der Waals surface area (Å²) in [6.07, 6.45) is 2.76. The maximum atomic E-state index is 10.1. The average Bonchev–Trinajstić information content (AvgIpc) is 1.89. The van der Waals surface area contributed by atoms with E-state index in [-0.39, 0.29) is 0 Å².